The zero-order valence-corrected chi connectivity index (χ0v) is 9.00. The van der Waals surface area contributed by atoms with Crippen molar-refractivity contribution in [3.05, 3.63) is 11.8 Å². The van der Waals surface area contributed by atoms with Crippen molar-refractivity contribution in [3.8, 4) is 0 Å². The topological polar surface area (TPSA) is 90.0 Å². The Hall–Kier alpha value is -0.920. The summed E-state index contributed by atoms with van der Waals surface area (Å²) in [6, 6.07) is 0. The van der Waals surface area contributed by atoms with Crippen LogP contribution in [0, 0.1) is 0 Å². The van der Waals surface area contributed by atoms with Gasteiger partial charge in [-0.1, -0.05) is 6.92 Å². The van der Waals surface area contributed by atoms with E-state index in [1.807, 2.05) is 6.92 Å². The van der Waals surface area contributed by atoms with Gasteiger partial charge < -0.3 is 5.32 Å². The highest BCUT2D eigenvalue weighted by Crippen LogP contribution is 2.11. The Kier molecular flexibility index (Phi) is 3.25. The molecule has 0 amide bonds. The van der Waals surface area contributed by atoms with Gasteiger partial charge in [0.1, 0.15) is 0 Å². The summed E-state index contributed by atoms with van der Waals surface area (Å²) in [5.41, 5.74) is 0.594. The zero-order valence-electron chi connectivity index (χ0n) is 8.19. The van der Waals surface area contributed by atoms with Gasteiger partial charge in [0.05, 0.1) is 6.20 Å². The number of rotatable bonds is 4. The van der Waals surface area contributed by atoms with E-state index in [2.05, 4.69) is 10.4 Å². The maximum atomic E-state index is 11.2. The maximum Gasteiger partial charge on any atom is 0.255 e. The third-order valence-corrected chi connectivity index (χ3v) is 2.86. The van der Waals surface area contributed by atoms with E-state index in [1.165, 1.54) is 10.9 Å². The third kappa shape index (κ3) is 2.31. The molecule has 6 nitrogen and oxygen atoms in total. The second-order valence-corrected chi connectivity index (χ2v) is 4.40. The molecular formula is C7H14N4O2S. The molecule has 0 saturated heterocycles. The van der Waals surface area contributed by atoms with Gasteiger partial charge in [-0.15, -0.1) is 0 Å². The molecule has 0 saturated carbocycles. The lowest BCUT2D eigenvalue weighted by Gasteiger charge is -2.03. The van der Waals surface area contributed by atoms with Crippen molar-refractivity contribution in [2.45, 2.75) is 18.5 Å². The highest BCUT2D eigenvalue weighted by Gasteiger charge is 2.18. The SMILES string of the molecule is CCNCc1cnn(C)c1S(N)(=O)=O. The summed E-state index contributed by atoms with van der Waals surface area (Å²) >= 11 is 0. The summed E-state index contributed by atoms with van der Waals surface area (Å²) in [7, 11) is -2.14. The molecule has 0 bridgehead atoms. The van der Waals surface area contributed by atoms with E-state index >= 15 is 0 Å². The second-order valence-electron chi connectivity index (χ2n) is 2.92. The van der Waals surface area contributed by atoms with E-state index in [1.54, 1.807) is 7.05 Å². The van der Waals surface area contributed by atoms with Gasteiger partial charge in [-0.3, -0.25) is 4.68 Å². The fourth-order valence-electron chi connectivity index (χ4n) is 1.22. The molecule has 0 aliphatic carbocycles. The van der Waals surface area contributed by atoms with Crippen LogP contribution in [0.15, 0.2) is 11.2 Å². The number of hydrogen-bond acceptors (Lipinski definition) is 4. The van der Waals surface area contributed by atoms with Gasteiger partial charge in [0.25, 0.3) is 10.0 Å². The minimum absolute atomic E-state index is 0.0680. The van der Waals surface area contributed by atoms with E-state index in [-0.39, 0.29) is 5.03 Å². The fourth-order valence-corrected chi connectivity index (χ4v) is 2.13. The maximum absolute atomic E-state index is 11.2. The summed E-state index contributed by atoms with van der Waals surface area (Å²) < 4.78 is 23.6. The molecule has 0 aliphatic rings. The molecule has 3 N–H and O–H groups in total. The van der Waals surface area contributed by atoms with Crippen molar-refractivity contribution in [1.82, 2.24) is 15.1 Å². The Labute approximate surface area is 83.1 Å². The average Bonchev–Trinajstić information content (AvgIpc) is 2.42. The first-order chi connectivity index (χ1) is 6.46. The van der Waals surface area contributed by atoms with Crippen LogP contribution in [0.4, 0.5) is 0 Å². The van der Waals surface area contributed by atoms with Crippen molar-refractivity contribution < 1.29 is 8.42 Å². The highest BCUT2D eigenvalue weighted by molar-refractivity contribution is 7.89. The third-order valence-electron chi connectivity index (χ3n) is 1.79. The van der Waals surface area contributed by atoms with Crippen molar-refractivity contribution in [2.24, 2.45) is 12.2 Å². The van der Waals surface area contributed by atoms with Gasteiger partial charge in [-0.2, -0.15) is 5.10 Å². The first-order valence-electron chi connectivity index (χ1n) is 4.21. The smallest absolute Gasteiger partial charge is 0.255 e. The van der Waals surface area contributed by atoms with Gasteiger partial charge >= 0.3 is 0 Å². The molecule has 7 heteroatoms. The molecule has 0 atom stereocenters. The predicted molar refractivity (Wildman–Crippen MR) is 52.0 cm³/mol. The molecular weight excluding hydrogens is 204 g/mol. The minimum atomic E-state index is -3.69. The largest absolute Gasteiger partial charge is 0.313 e. The number of hydrogen-bond donors (Lipinski definition) is 2. The summed E-state index contributed by atoms with van der Waals surface area (Å²) in [6.45, 7) is 3.15. The van der Waals surface area contributed by atoms with Gasteiger partial charge in [0, 0.05) is 19.2 Å². The molecule has 0 unspecified atom stereocenters. The molecule has 0 spiro atoms. The lowest BCUT2D eigenvalue weighted by atomic mass is 10.3. The van der Waals surface area contributed by atoms with Gasteiger partial charge in [-0.25, -0.2) is 13.6 Å². The molecule has 14 heavy (non-hydrogen) atoms. The number of nitrogens with zero attached hydrogens (tertiary/aromatic N) is 2. The molecule has 1 rings (SSSR count). The van der Waals surface area contributed by atoms with Crippen molar-refractivity contribution in [1.29, 1.82) is 0 Å². The van der Waals surface area contributed by atoms with Crippen LogP contribution < -0.4 is 10.5 Å². The predicted octanol–water partition coefficient (Wildman–Crippen LogP) is -0.823. The lowest BCUT2D eigenvalue weighted by molar-refractivity contribution is 0.573. The number of primary sulfonamides is 1. The van der Waals surface area contributed by atoms with E-state index in [0.29, 0.717) is 12.1 Å². The minimum Gasteiger partial charge on any atom is -0.313 e. The molecule has 0 fully saturated rings. The Morgan fingerprint density at radius 1 is 1.64 bits per heavy atom. The standard InChI is InChI=1S/C7H14N4O2S/c1-3-9-4-6-5-10-11(2)7(6)14(8,12)13/h5,9H,3-4H2,1-2H3,(H2,8,12,13). The van der Waals surface area contributed by atoms with Crippen molar-refractivity contribution in [2.75, 3.05) is 6.54 Å². The average molecular weight is 218 g/mol. The zero-order chi connectivity index (χ0) is 10.8. The van der Waals surface area contributed by atoms with Crippen molar-refractivity contribution in [3.63, 3.8) is 0 Å². The van der Waals surface area contributed by atoms with Crippen LogP contribution in [0.3, 0.4) is 0 Å². The van der Waals surface area contributed by atoms with Crippen LogP contribution in [0.1, 0.15) is 12.5 Å². The molecule has 1 heterocycles. The Morgan fingerprint density at radius 3 is 2.79 bits per heavy atom. The van der Waals surface area contributed by atoms with E-state index in [9.17, 15) is 8.42 Å². The summed E-state index contributed by atoms with van der Waals surface area (Å²) in [6.07, 6.45) is 1.50. The molecule has 1 aromatic rings. The Balaban J connectivity index is 3.07. The van der Waals surface area contributed by atoms with E-state index in [0.717, 1.165) is 6.54 Å². The first kappa shape index (κ1) is 11.2. The normalized spacial score (nSPS) is 11.9. The van der Waals surface area contributed by atoms with Crippen LogP contribution in [-0.4, -0.2) is 24.7 Å². The Bertz CT molecular complexity index is 409. The lowest BCUT2D eigenvalue weighted by Crippen LogP contribution is -2.20. The molecule has 0 aromatic carbocycles. The molecule has 0 radical (unpaired) electrons. The number of nitrogens with two attached hydrogens (primary N) is 1. The van der Waals surface area contributed by atoms with E-state index in [4.69, 9.17) is 5.14 Å². The monoisotopic (exact) mass is 218 g/mol. The number of nitrogens with one attached hydrogen (secondary N) is 1. The van der Waals surface area contributed by atoms with Crippen LogP contribution in [0.5, 0.6) is 0 Å². The molecule has 1 aromatic heterocycles. The molecule has 80 valence electrons. The van der Waals surface area contributed by atoms with Crippen molar-refractivity contribution >= 4 is 10.0 Å². The van der Waals surface area contributed by atoms with Crippen LogP contribution >= 0.6 is 0 Å². The fraction of sp³-hybridized carbons (Fsp3) is 0.571. The van der Waals surface area contributed by atoms with Crippen LogP contribution in [-0.2, 0) is 23.6 Å². The number of sulfonamides is 1. The highest BCUT2D eigenvalue weighted by atomic mass is 32.2. The summed E-state index contributed by atoms with van der Waals surface area (Å²) in [4.78, 5) is 0. The molecule has 0 aliphatic heterocycles. The number of aryl methyl sites for hydroxylation is 1. The summed E-state index contributed by atoms with van der Waals surface area (Å²) in [5, 5.41) is 12.0. The Morgan fingerprint density at radius 2 is 2.29 bits per heavy atom. The van der Waals surface area contributed by atoms with Crippen LogP contribution in [0.2, 0.25) is 0 Å². The summed E-state index contributed by atoms with van der Waals surface area (Å²) in [5.74, 6) is 0. The van der Waals surface area contributed by atoms with Gasteiger partial charge in [-0.05, 0) is 6.54 Å². The van der Waals surface area contributed by atoms with E-state index < -0.39 is 10.0 Å². The van der Waals surface area contributed by atoms with Crippen LogP contribution in [0.25, 0.3) is 0 Å². The first-order valence-corrected chi connectivity index (χ1v) is 5.75. The second kappa shape index (κ2) is 4.07. The number of aromatic nitrogens is 2. The van der Waals surface area contributed by atoms with Gasteiger partial charge in [0.2, 0.25) is 0 Å². The quantitative estimate of drug-likeness (QED) is 0.690. The van der Waals surface area contributed by atoms with Gasteiger partial charge in [0.15, 0.2) is 5.03 Å².